The number of amides is 1. The van der Waals surface area contributed by atoms with Gasteiger partial charge in [0, 0.05) is 13.0 Å². The highest BCUT2D eigenvalue weighted by atomic mass is 16.4. The Bertz CT molecular complexity index is 483. The molecule has 5 heteroatoms. The van der Waals surface area contributed by atoms with E-state index in [1.807, 2.05) is 31.2 Å². The molecule has 0 saturated carbocycles. The summed E-state index contributed by atoms with van der Waals surface area (Å²) in [5, 5.41) is 18.6. The standard InChI is InChI=1S/C14H17NO4/c1-9-2-4-10(5-3-9)6-13(17)15-8-11(16)7-12(15)14(18)19/h2-5,11-12,16H,6-8H2,1H3,(H,18,19)/t11-,12-/m1/s1. The van der Waals surface area contributed by atoms with Crippen LogP contribution < -0.4 is 0 Å². The highest BCUT2D eigenvalue weighted by Crippen LogP contribution is 2.19. The Morgan fingerprint density at radius 2 is 1.95 bits per heavy atom. The summed E-state index contributed by atoms with van der Waals surface area (Å²) in [7, 11) is 0. The topological polar surface area (TPSA) is 77.8 Å². The van der Waals surface area contributed by atoms with Gasteiger partial charge >= 0.3 is 5.97 Å². The Balaban J connectivity index is 2.06. The first-order valence-corrected chi connectivity index (χ1v) is 6.23. The van der Waals surface area contributed by atoms with Gasteiger partial charge in [-0.3, -0.25) is 4.79 Å². The molecule has 19 heavy (non-hydrogen) atoms. The fourth-order valence-corrected chi connectivity index (χ4v) is 2.31. The minimum Gasteiger partial charge on any atom is -0.480 e. The Morgan fingerprint density at radius 1 is 1.32 bits per heavy atom. The quantitative estimate of drug-likeness (QED) is 0.836. The monoisotopic (exact) mass is 263 g/mol. The average Bonchev–Trinajstić information content (AvgIpc) is 2.74. The van der Waals surface area contributed by atoms with Crippen LogP contribution in [0.5, 0.6) is 0 Å². The summed E-state index contributed by atoms with van der Waals surface area (Å²) in [5.74, 6) is -1.32. The van der Waals surface area contributed by atoms with Crippen molar-refractivity contribution in [3.63, 3.8) is 0 Å². The molecule has 0 spiro atoms. The second-order valence-electron chi connectivity index (χ2n) is 4.95. The summed E-state index contributed by atoms with van der Waals surface area (Å²) >= 11 is 0. The molecule has 1 amide bonds. The molecular weight excluding hydrogens is 246 g/mol. The summed E-state index contributed by atoms with van der Waals surface area (Å²) < 4.78 is 0. The molecule has 0 bridgehead atoms. The van der Waals surface area contributed by atoms with E-state index >= 15 is 0 Å². The molecule has 0 aromatic heterocycles. The molecule has 2 atom stereocenters. The fourth-order valence-electron chi connectivity index (χ4n) is 2.31. The van der Waals surface area contributed by atoms with E-state index in [4.69, 9.17) is 5.11 Å². The third-order valence-corrected chi connectivity index (χ3v) is 3.36. The van der Waals surface area contributed by atoms with Gasteiger partial charge in [-0.1, -0.05) is 29.8 Å². The lowest BCUT2D eigenvalue weighted by Crippen LogP contribution is -2.41. The maximum atomic E-state index is 12.1. The Morgan fingerprint density at radius 3 is 2.53 bits per heavy atom. The second-order valence-corrected chi connectivity index (χ2v) is 4.95. The lowest BCUT2D eigenvalue weighted by molar-refractivity contribution is -0.148. The number of hydrogen-bond donors (Lipinski definition) is 2. The van der Waals surface area contributed by atoms with Crippen molar-refractivity contribution in [3.8, 4) is 0 Å². The van der Waals surface area contributed by atoms with Gasteiger partial charge < -0.3 is 15.1 Å². The summed E-state index contributed by atoms with van der Waals surface area (Å²) in [6, 6.07) is 6.63. The number of rotatable bonds is 3. The fraction of sp³-hybridized carbons (Fsp3) is 0.429. The third kappa shape index (κ3) is 3.12. The number of aliphatic carboxylic acids is 1. The zero-order valence-electron chi connectivity index (χ0n) is 10.7. The molecule has 1 aliphatic rings. The van der Waals surface area contributed by atoms with Crippen LogP contribution in [-0.4, -0.2) is 45.7 Å². The van der Waals surface area contributed by atoms with Gasteiger partial charge in [-0.25, -0.2) is 4.79 Å². The Kier molecular flexibility index (Phi) is 3.85. The normalized spacial score (nSPS) is 22.5. The molecule has 1 saturated heterocycles. The third-order valence-electron chi connectivity index (χ3n) is 3.36. The Hall–Kier alpha value is -1.88. The van der Waals surface area contributed by atoms with Gasteiger partial charge in [0.05, 0.1) is 12.5 Å². The zero-order valence-corrected chi connectivity index (χ0v) is 10.7. The smallest absolute Gasteiger partial charge is 0.326 e. The SMILES string of the molecule is Cc1ccc(CC(=O)N2C[C@H](O)C[C@@H]2C(=O)O)cc1. The van der Waals surface area contributed by atoms with Crippen molar-refractivity contribution in [2.75, 3.05) is 6.54 Å². The van der Waals surface area contributed by atoms with Crippen LogP contribution in [0.25, 0.3) is 0 Å². The maximum Gasteiger partial charge on any atom is 0.326 e. The van der Waals surface area contributed by atoms with E-state index in [1.165, 1.54) is 4.90 Å². The van der Waals surface area contributed by atoms with Crippen molar-refractivity contribution in [1.82, 2.24) is 4.90 Å². The van der Waals surface area contributed by atoms with E-state index in [2.05, 4.69) is 0 Å². The number of carbonyl (C=O) groups excluding carboxylic acids is 1. The van der Waals surface area contributed by atoms with E-state index in [1.54, 1.807) is 0 Å². The predicted octanol–water partition coefficient (Wildman–Crippen LogP) is 0.584. The van der Waals surface area contributed by atoms with Crippen molar-refractivity contribution < 1.29 is 19.8 Å². The van der Waals surface area contributed by atoms with Crippen molar-refractivity contribution >= 4 is 11.9 Å². The van der Waals surface area contributed by atoms with Crippen LogP contribution in [-0.2, 0) is 16.0 Å². The number of likely N-dealkylation sites (tertiary alicyclic amines) is 1. The lowest BCUT2D eigenvalue weighted by Gasteiger charge is -2.21. The molecule has 1 fully saturated rings. The highest BCUT2D eigenvalue weighted by molar-refractivity contribution is 5.85. The van der Waals surface area contributed by atoms with Crippen LogP contribution in [0.3, 0.4) is 0 Å². The van der Waals surface area contributed by atoms with Crippen LogP contribution in [0.2, 0.25) is 0 Å². The van der Waals surface area contributed by atoms with E-state index in [0.29, 0.717) is 0 Å². The largest absolute Gasteiger partial charge is 0.480 e. The minimum atomic E-state index is -1.06. The van der Waals surface area contributed by atoms with Crippen LogP contribution in [0, 0.1) is 6.92 Å². The number of β-amino-alcohol motifs (C(OH)–C–C–N with tert-alkyl or cyclic N) is 1. The predicted molar refractivity (Wildman–Crippen MR) is 68.6 cm³/mol. The van der Waals surface area contributed by atoms with E-state index in [0.717, 1.165) is 11.1 Å². The molecule has 0 unspecified atom stereocenters. The molecule has 1 aliphatic heterocycles. The van der Waals surface area contributed by atoms with Gasteiger partial charge in [0.2, 0.25) is 5.91 Å². The number of carbonyl (C=O) groups is 2. The maximum absolute atomic E-state index is 12.1. The first-order valence-electron chi connectivity index (χ1n) is 6.23. The zero-order chi connectivity index (χ0) is 14.0. The van der Waals surface area contributed by atoms with E-state index in [-0.39, 0.29) is 25.3 Å². The van der Waals surface area contributed by atoms with Gasteiger partial charge in [0.1, 0.15) is 6.04 Å². The first kappa shape index (κ1) is 13.5. The van der Waals surface area contributed by atoms with Gasteiger partial charge in [-0.15, -0.1) is 0 Å². The molecule has 2 rings (SSSR count). The number of aliphatic hydroxyl groups is 1. The Labute approximate surface area is 111 Å². The highest BCUT2D eigenvalue weighted by Gasteiger charge is 2.38. The molecule has 2 N–H and O–H groups in total. The minimum absolute atomic E-state index is 0.0989. The van der Waals surface area contributed by atoms with Crippen LogP contribution in [0.15, 0.2) is 24.3 Å². The summed E-state index contributed by atoms with van der Waals surface area (Å²) in [6.07, 6.45) is -0.478. The molecule has 0 radical (unpaired) electrons. The number of nitrogens with zero attached hydrogens (tertiary/aromatic N) is 1. The molecule has 102 valence electrons. The second kappa shape index (κ2) is 5.40. The average molecular weight is 263 g/mol. The summed E-state index contributed by atoms with van der Waals surface area (Å²) in [5.41, 5.74) is 1.96. The molecule has 1 heterocycles. The molecular formula is C14H17NO4. The number of carboxylic acids is 1. The van der Waals surface area contributed by atoms with Crippen molar-refractivity contribution in [1.29, 1.82) is 0 Å². The molecule has 0 aliphatic carbocycles. The van der Waals surface area contributed by atoms with Gasteiger partial charge in [0.15, 0.2) is 0 Å². The molecule has 1 aromatic carbocycles. The van der Waals surface area contributed by atoms with Gasteiger partial charge in [-0.2, -0.15) is 0 Å². The van der Waals surface area contributed by atoms with Crippen LogP contribution >= 0.6 is 0 Å². The molecule has 1 aromatic rings. The van der Waals surface area contributed by atoms with Crippen LogP contribution in [0.1, 0.15) is 17.5 Å². The van der Waals surface area contributed by atoms with Crippen molar-refractivity contribution in [3.05, 3.63) is 35.4 Å². The van der Waals surface area contributed by atoms with Gasteiger partial charge in [0.25, 0.3) is 0 Å². The lowest BCUT2D eigenvalue weighted by atomic mass is 10.1. The van der Waals surface area contributed by atoms with Crippen molar-refractivity contribution in [2.45, 2.75) is 31.9 Å². The number of hydrogen-bond acceptors (Lipinski definition) is 3. The summed E-state index contributed by atoms with van der Waals surface area (Å²) in [6.45, 7) is 2.06. The van der Waals surface area contributed by atoms with E-state index < -0.39 is 18.1 Å². The van der Waals surface area contributed by atoms with Crippen molar-refractivity contribution in [2.24, 2.45) is 0 Å². The summed E-state index contributed by atoms with van der Waals surface area (Å²) in [4.78, 5) is 24.4. The number of aryl methyl sites for hydroxylation is 1. The van der Waals surface area contributed by atoms with E-state index in [9.17, 15) is 14.7 Å². The van der Waals surface area contributed by atoms with Crippen LogP contribution in [0.4, 0.5) is 0 Å². The number of benzene rings is 1. The van der Waals surface area contributed by atoms with Gasteiger partial charge in [-0.05, 0) is 12.5 Å². The number of aliphatic hydroxyl groups excluding tert-OH is 1. The number of carboxylic acid groups (broad SMARTS) is 1. The molecule has 5 nitrogen and oxygen atoms in total. The first-order chi connectivity index (χ1) is 8.97.